The molecule has 1 aromatic heterocycles. The van der Waals surface area contributed by atoms with E-state index in [1.165, 1.54) is 5.56 Å². The van der Waals surface area contributed by atoms with Crippen molar-refractivity contribution in [1.82, 2.24) is 20.4 Å². The summed E-state index contributed by atoms with van der Waals surface area (Å²) in [4.78, 5) is 26.7. The van der Waals surface area contributed by atoms with Crippen molar-refractivity contribution in [3.63, 3.8) is 0 Å². The molecule has 2 amide bonds. The lowest BCUT2D eigenvalue weighted by molar-refractivity contribution is -0.118. The Kier molecular flexibility index (Phi) is 5.71. The van der Waals surface area contributed by atoms with Gasteiger partial charge in [0.25, 0.3) is 5.91 Å². The van der Waals surface area contributed by atoms with E-state index >= 15 is 0 Å². The molecule has 0 saturated carbocycles. The van der Waals surface area contributed by atoms with E-state index in [0.717, 1.165) is 44.6 Å². The first-order valence-corrected chi connectivity index (χ1v) is 10.1. The van der Waals surface area contributed by atoms with Crippen molar-refractivity contribution in [1.29, 1.82) is 0 Å². The topological polar surface area (TPSA) is 79.3 Å². The van der Waals surface area contributed by atoms with E-state index in [2.05, 4.69) is 21.8 Å². The summed E-state index contributed by atoms with van der Waals surface area (Å²) in [6.45, 7) is 3.16. The Morgan fingerprint density at radius 3 is 3.00 bits per heavy atom. The number of anilines is 1. The van der Waals surface area contributed by atoms with Crippen molar-refractivity contribution in [2.45, 2.75) is 38.1 Å². The summed E-state index contributed by atoms with van der Waals surface area (Å²) in [5.41, 5.74) is 2.69. The van der Waals surface area contributed by atoms with Gasteiger partial charge in [-0.15, -0.1) is 0 Å². The van der Waals surface area contributed by atoms with Crippen LogP contribution >= 0.6 is 0 Å². The van der Waals surface area contributed by atoms with Gasteiger partial charge in [0, 0.05) is 37.9 Å². The van der Waals surface area contributed by atoms with Crippen LogP contribution in [0.3, 0.4) is 0 Å². The third-order valence-corrected chi connectivity index (χ3v) is 5.53. The van der Waals surface area contributed by atoms with Crippen LogP contribution in [0.25, 0.3) is 0 Å². The molecule has 1 saturated heterocycles. The average Bonchev–Trinajstić information content (AvgIpc) is 3.39. The zero-order chi connectivity index (χ0) is 19.3. The lowest BCUT2D eigenvalue weighted by Crippen LogP contribution is -2.32. The number of piperidine rings is 1. The molecule has 148 valence electrons. The molecule has 2 aliphatic rings. The molecule has 0 aliphatic carbocycles. The quantitative estimate of drug-likeness (QED) is 0.749. The van der Waals surface area contributed by atoms with E-state index in [0.29, 0.717) is 31.1 Å². The predicted molar refractivity (Wildman–Crippen MR) is 107 cm³/mol. The van der Waals surface area contributed by atoms with Gasteiger partial charge in [0.1, 0.15) is 5.69 Å². The fraction of sp³-hybridized carbons (Fsp3) is 0.476. The van der Waals surface area contributed by atoms with Gasteiger partial charge in [0.05, 0.1) is 6.04 Å². The number of hydrogen-bond donors (Lipinski definition) is 2. The molecule has 7 heteroatoms. The minimum atomic E-state index is -0.179. The molecule has 1 aromatic carbocycles. The Balaban J connectivity index is 1.22. The van der Waals surface area contributed by atoms with Crippen LogP contribution in [0.1, 0.15) is 47.8 Å². The minimum Gasteiger partial charge on any atom is -0.351 e. The lowest BCUT2D eigenvalue weighted by Gasteiger charge is -2.22. The normalized spacial score (nSPS) is 18.7. The molecule has 7 nitrogen and oxygen atoms in total. The van der Waals surface area contributed by atoms with Gasteiger partial charge in [-0.1, -0.05) is 18.2 Å². The first-order chi connectivity index (χ1) is 13.7. The van der Waals surface area contributed by atoms with Crippen LogP contribution in [0.4, 0.5) is 5.69 Å². The molecule has 4 rings (SSSR count). The van der Waals surface area contributed by atoms with Gasteiger partial charge < -0.3 is 15.5 Å². The molecular weight excluding hydrogens is 354 g/mol. The Labute approximate surface area is 165 Å². The van der Waals surface area contributed by atoms with Gasteiger partial charge in [0.15, 0.2) is 0 Å². The SMILES string of the molecule is O=C(NCCCC(=O)N1CCc2ccccc21)c1ccn(C2CCCNC2)n1. The van der Waals surface area contributed by atoms with Gasteiger partial charge in [-0.2, -0.15) is 5.10 Å². The van der Waals surface area contributed by atoms with Crippen LogP contribution in [0.2, 0.25) is 0 Å². The zero-order valence-corrected chi connectivity index (χ0v) is 16.1. The molecule has 3 heterocycles. The summed E-state index contributed by atoms with van der Waals surface area (Å²) in [6.07, 6.45) is 6.05. The second-order valence-electron chi connectivity index (χ2n) is 7.46. The summed E-state index contributed by atoms with van der Waals surface area (Å²) in [5.74, 6) is -0.0604. The Hall–Kier alpha value is -2.67. The van der Waals surface area contributed by atoms with Crippen LogP contribution in [0.15, 0.2) is 36.5 Å². The first-order valence-electron chi connectivity index (χ1n) is 10.1. The maximum Gasteiger partial charge on any atom is 0.271 e. The molecule has 0 spiro atoms. The number of benzene rings is 1. The number of nitrogens with zero attached hydrogens (tertiary/aromatic N) is 3. The van der Waals surface area contributed by atoms with E-state index in [1.54, 1.807) is 6.07 Å². The molecule has 0 bridgehead atoms. The Morgan fingerprint density at radius 2 is 2.14 bits per heavy atom. The number of amides is 2. The van der Waals surface area contributed by atoms with Gasteiger partial charge in [-0.25, -0.2) is 0 Å². The molecule has 28 heavy (non-hydrogen) atoms. The van der Waals surface area contributed by atoms with Gasteiger partial charge >= 0.3 is 0 Å². The van der Waals surface area contributed by atoms with Crippen molar-refractivity contribution < 1.29 is 9.59 Å². The zero-order valence-electron chi connectivity index (χ0n) is 16.1. The third kappa shape index (κ3) is 4.09. The van der Waals surface area contributed by atoms with Crippen molar-refractivity contribution >= 4 is 17.5 Å². The van der Waals surface area contributed by atoms with Crippen LogP contribution in [0.5, 0.6) is 0 Å². The number of carbonyl (C=O) groups excluding carboxylic acids is 2. The summed E-state index contributed by atoms with van der Waals surface area (Å²) < 4.78 is 1.88. The van der Waals surface area contributed by atoms with Crippen molar-refractivity contribution in [2.24, 2.45) is 0 Å². The summed E-state index contributed by atoms with van der Waals surface area (Å²) in [5, 5.41) is 10.7. The van der Waals surface area contributed by atoms with Crippen LogP contribution in [-0.2, 0) is 11.2 Å². The second kappa shape index (κ2) is 8.56. The Morgan fingerprint density at radius 1 is 1.25 bits per heavy atom. The van der Waals surface area contributed by atoms with Crippen molar-refractivity contribution in [3.8, 4) is 0 Å². The van der Waals surface area contributed by atoms with Crippen molar-refractivity contribution in [3.05, 3.63) is 47.8 Å². The highest BCUT2D eigenvalue weighted by atomic mass is 16.2. The molecule has 0 radical (unpaired) electrons. The molecule has 2 aromatic rings. The fourth-order valence-corrected chi connectivity index (χ4v) is 3.99. The van der Waals surface area contributed by atoms with Gasteiger partial charge in [-0.05, 0) is 49.9 Å². The lowest BCUT2D eigenvalue weighted by atomic mass is 10.1. The smallest absolute Gasteiger partial charge is 0.271 e. The van der Waals surface area contributed by atoms with Crippen molar-refractivity contribution in [2.75, 3.05) is 31.1 Å². The van der Waals surface area contributed by atoms with Crippen LogP contribution in [-0.4, -0.2) is 47.8 Å². The maximum atomic E-state index is 12.5. The molecule has 1 fully saturated rings. The summed E-state index contributed by atoms with van der Waals surface area (Å²) in [6, 6.07) is 10.1. The standard InChI is InChI=1S/C21H27N5O2/c27-20(25-13-9-16-5-1-2-7-19(16)25)8-4-12-23-21(28)18-10-14-26(24-18)17-6-3-11-22-15-17/h1-2,5,7,10,14,17,22H,3-4,6,8-9,11-13,15H2,(H,23,28). The third-order valence-electron chi connectivity index (χ3n) is 5.53. The molecule has 1 unspecified atom stereocenters. The first kappa shape index (κ1) is 18.7. The van der Waals surface area contributed by atoms with Gasteiger partial charge in [0.2, 0.25) is 5.91 Å². The molecule has 2 aliphatic heterocycles. The average molecular weight is 381 g/mol. The predicted octanol–water partition coefficient (Wildman–Crippen LogP) is 1.91. The highest BCUT2D eigenvalue weighted by molar-refractivity contribution is 5.95. The van der Waals surface area contributed by atoms with E-state index in [1.807, 2.05) is 34.0 Å². The number of para-hydroxylation sites is 1. The van der Waals surface area contributed by atoms with Crippen LogP contribution < -0.4 is 15.5 Å². The van der Waals surface area contributed by atoms with Crippen LogP contribution in [0, 0.1) is 0 Å². The molecular formula is C21H27N5O2. The van der Waals surface area contributed by atoms with E-state index in [9.17, 15) is 9.59 Å². The largest absolute Gasteiger partial charge is 0.351 e. The summed E-state index contributed by atoms with van der Waals surface area (Å²) in [7, 11) is 0. The number of aromatic nitrogens is 2. The summed E-state index contributed by atoms with van der Waals surface area (Å²) >= 11 is 0. The Bertz CT molecular complexity index is 841. The van der Waals surface area contributed by atoms with E-state index in [-0.39, 0.29) is 11.8 Å². The molecule has 2 N–H and O–H groups in total. The number of fused-ring (bicyclic) bond motifs is 1. The van der Waals surface area contributed by atoms with Gasteiger partial charge in [-0.3, -0.25) is 14.3 Å². The number of rotatable bonds is 6. The monoisotopic (exact) mass is 381 g/mol. The minimum absolute atomic E-state index is 0.119. The maximum absolute atomic E-state index is 12.5. The van der Waals surface area contributed by atoms with E-state index < -0.39 is 0 Å². The number of nitrogens with one attached hydrogen (secondary N) is 2. The number of carbonyl (C=O) groups is 2. The molecule has 1 atom stereocenters. The highest BCUT2D eigenvalue weighted by Crippen LogP contribution is 2.28. The fourth-order valence-electron chi connectivity index (χ4n) is 3.99. The highest BCUT2D eigenvalue weighted by Gasteiger charge is 2.23. The number of hydrogen-bond acceptors (Lipinski definition) is 4. The van der Waals surface area contributed by atoms with E-state index in [4.69, 9.17) is 0 Å². The second-order valence-corrected chi connectivity index (χ2v) is 7.46.